The van der Waals surface area contributed by atoms with Gasteiger partial charge in [-0.3, -0.25) is 4.79 Å². The SMILES string of the molecule is Cc1nc(C)c(C(=O)N(CCN)Cc2ccccc2)o1. The fraction of sp³-hybridized carbons (Fsp3) is 0.333. The molecule has 2 rings (SSSR count). The average molecular weight is 273 g/mol. The first-order valence-electron chi connectivity index (χ1n) is 6.59. The lowest BCUT2D eigenvalue weighted by molar-refractivity contribution is 0.0713. The second kappa shape index (κ2) is 6.34. The third kappa shape index (κ3) is 3.24. The van der Waals surface area contributed by atoms with Crippen LogP contribution in [0.15, 0.2) is 34.7 Å². The molecular formula is C15H19N3O2. The average Bonchev–Trinajstić information content (AvgIpc) is 2.77. The summed E-state index contributed by atoms with van der Waals surface area (Å²) in [5.74, 6) is 0.627. The fourth-order valence-electron chi connectivity index (χ4n) is 2.09. The Morgan fingerprint density at radius 3 is 2.55 bits per heavy atom. The van der Waals surface area contributed by atoms with E-state index in [1.165, 1.54) is 0 Å². The molecule has 0 fully saturated rings. The molecule has 106 valence electrons. The highest BCUT2D eigenvalue weighted by atomic mass is 16.4. The number of carbonyl (C=O) groups excluding carboxylic acids is 1. The molecule has 1 aromatic carbocycles. The molecule has 0 atom stereocenters. The normalized spacial score (nSPS) is 10.6. The Labute approximate surface area is 118 Å². The highest BCUT2D eigenvalue weighted by molar-refractivity contribution is 5.92. The Balaban J connectivity index is 2.20. The van der Waals surface area contributed by atoms with Gasteiger partial charge in [0.15, 0.2) is 5.89 Å². The maximum absolute atomic E-state index is 12.5. The van der Waals surface area contributed by atoms with Crippen molar-refractivity contribution in [1.29, 1.82) is 0 Å². The number of amides is 1. The van der Waals surface area contributed by atoms with Crippen molar-refractivity contribution in [3.8, 4) is 0 Å². The van der Waals surface area contributed by atoms with Crippen molar-refractivity contribution in [3.63, 3.8) is 0 Å². The quantitative estimate of drug-likeness (QED) is 0.903. The monoisotopic (exact) mass is 273 g/mol. The third-order valence-corrected chi connectivity index (χ3v) is 3.00. The number of carbonyl (C=O) groups is 1. The van der Waals surface area contributed by atoms with Gasteiger partial charge in [-0.2, -0.15) is 0 Å². The standard InChI is InChI=1S/C15H19N3O2/c1-11-14(20-12(2)17-11)15(19)18(9-8-16)10-13-6-4-3-5-7-13/h3-7H,8-10,16H2,1-2H3. The van der Waals surface area contributed by atoms with Gasteiger partial charge in [0.2, 0.25) is 5.76 Å². The van der Waals surface area contributed by atoms with E-state index in [9.17, 15) is 4.79 Å². The first-order valence-corrected chi connectivity index (χ1v) is 6.59. The van der Waals surface area contributed by atoms with Gasteiger partial charge in [0.1, 0.15) is 0 Å². The second-order valence-corrected chi connectivity index (χ2v) is 4.65. The van der Waals surface area contributed by atoms with E-state index in [0.29, 0.717) is 37.0 Å². The zero-order valence-electron chi connectivity index (χ0n) is 11.8. The molecule has 0 saturated heterocycles. The predicted octanol–water partition coefficient (Wildman–Crippen LogP) is 1.89. The van der Waals surface area contributed by atoms with Gasteiger partial charge in [0.05, 0.1) is 5.69 Å². The van der Waals surface area contributed by atoms with Crippen LogP contribution in [0.4, 0.5) is 0 Å². The van der Waals surface area contributed by atoms with Crippen LogP contribution in [0, 0.1) is 13.8 Å². The van der Waals surface area contributed by atoms with Crippen LogP contribution in [0.25, 0.3) is 0 Å². The molecule has 2 aromatic rings. The minimum Gasteiger partial charge on any atom is -0.436 e. The molecule has 2 N–H and O–H groups in total. The predicted molar refractivity (Wildman–Crippen MR) is 76.2 cm³/mol. The molecule has 0 radical (unpaired) electrons. The summed E-state index contributed by atoms with van der Waals surface area (Å²) in [6.45, 7) is 4.90. The first-order chi connectivity index (χ1) is 9.61. The maximum atomic E-state index is 12.5. The Morgan fingerprint density at radius 2 is 2.00 bits per heavy atom. The second-order valence-electron chi connectivity index (χ2n) is 4.65. The highest BCUT2D eigenvalue weighted by Crippen LogP contribution is 2.14. The van der Waals surface area contributed by atoms with Crippen molar-refractivity contribution in [2.24, 2.45) is 5.73 Å². The number of oxazole rings is 1. The number of nitrogens with two attached hydrogens (primary N) is 1. The van der Waals surface area contributed by atoms with E-state index in [0.717, 1.165) is 5.56 Å². The summed E-state index contributed by atoms with van der Waals surface area (Å²) in [4.78, 5) is 18.3. The molecule has 0 spiro atoms. The lowest BCUT2D eigenvalue weighted by Crippen LogP contribution is -2.35. The van der Waals surface area contributed by atoms with E-state index < -0.39 is 0 Å². The van der Waals surface area contributed by atoms with Crippen LogP contribution in [0.1, 0.15) is 27.7 Å². The van der Waals surface area contributed by atoms with E-state index in [2.05, 4.69) is 4.98 Å². The third-order valence-electron chi connectivity index (χ3n) is 3.00. The van der Waals surface area contributed by atoms with E-state index in [1.807, 2.05) is 30.3 Å². The summed E-state index contributed by atoms with van der Waals surface area (Å²) in [6, 6.07) is 9.81. The van der Waals surface area contributed by atoms with Crippen molar-refractivity contribution < 1.29 is 9.21 Å². The van der Waals surface area contributed by atoms with Gasteiger partial charge in [-0.05, 0) is 12.5 Å². The first kappa shape index (κ1) is 14.3. The van der Waals surface area contributed by atoms with Gasteiger partial charge in [-0.25, -0.2) is 4.98 Å². The number of rotatable bonds is 5. The molecule has 0 aliphatic carbocycles. The van der Waals surface area contributed by atoms with Crippen molar-refractivity contribution in [2.75, 3.05) is 13.1 Å². The van der Waals surface area contributed by atoms with Gasteiger partial charge < -0.3 is 15.1 Å². The largest absolute Gasteiger partial charge is 0.436 e. The van der Waals surface area contributed by atoms with Crippen LogP contribution in [0.3, 0.4) is 0 Å². The van der Waals surface area contributed by atoms with Crippen molar-refractivity contribution in [1.82, 2.24) is 9.88 Å². The number of hydrogen-bond donors (Lipinski definition) is 1. The zero-order valence-corrected chi connectivity index (χ0v) is 11.8. The Hall–Kier alpha value is -2.14. The van der Waals surface area contributed by atoms with E-state index in [1.54, 1.807) is 18.7 Å². The molecule has 0 bridgehead atoms. The fourth-order valence-corrected chi connectivity index (χ4v) is 2.09. The summed E-state index contributed by atoms with van der Waals surface area (Å²) in [5, 5.41) is 0. The zero-order chi connectivity index (χ0) is 14.5. The molecule has 1 aromatic heterocycles. The van der Waals surface area contributed by atoms with Gasteiger partial charge in [-0.1, -0.05) is 30.3 Å². The number of hydrogen-bond acceptors (Lipinski definition) is 4. The maximum Gasteiger partial charge on any atom is 0.291 e. The number of aromatic nitrogens is 1. The summed E-state index contributed by atoms with van der Waals surface area (Å²) in [7, 11) is 0. The lowest BCUT2D eigenvalue weighted by Gasteiger charge is -2.21. The molecule has 0 aliphatic rings. The van der Waals surface area contributed by atoms with Crippen LogP contribution in [0.5, 0.6) is 0 Å². The van der Waals surface area contributed by atoms with Crippen molar-refractivity contribution in [2.45, 2.75) is 20.4 Å². The number of benzene rings is 1. The van der Waals surface area contributed by atoms with Crippen LogP contribution in [-0.4, -0.2) is 28.9 Å². The summed E-state index contributed by atoms with van der Waals surface area (Å²) >= 11 is 0. The Kier molecular flexibility index (Phi) is 4.53. The minimum absolute atomic E-state index is 0.169. The highest BCUT2D eigenvalue weighted by Gasteiger charge is 2.22. The molecule has 20 heavy (non-hydrogen) atoms. The van der Waals surface area contributed by atoms with Crippen LogP contribution in [-0.2, 0) is 6.54 Å². The van der Waals surface area contributed by atoms with Gasteiger partial charge >= 0.3 is 0 Å². The molecule has 0 aliphatic heterocycles. The molecule has 5 nitrogen and oxygen atoms in total. The van der Waals surface area contributed by atoms with E-state index in [4.69, 9.17) is 10.2 Å². The summed E-state index contributed by atoms with van der Waals surface area (Å²) in [6.07, 6.45) is 0. The van der Waals surface area contributed by atoms with Crippen LogP contribution < -0.4 is 5.73 Å². The molecule has 0 unspecified atom stereocenters. The smallest absolute Gasteiger partial charge is 0.291 e. The van der Waals surface area contributed by atoms with Gasteiger partial charge in [0.25, 0.3) is 5.91 Å². The minimum atomic E-state index is -0.169. The van der Waals surface area contributed by atoms with Crippen LogP contribution in [0.2, 0.25) is 0 Å². The Bertz CT molecular complexity index is 578. The molecular weight excluding hydrogens is 254 g/mol. The van der Waals surface area contributed by atoms with Gasteiger partial charge in [0, 0.05) is 26.6 Å². The Morgan fingerprint density at radius 1 is 1.30 bits per heavy atom. The van der Waals surface area contributed by atoms with E-state index in [-0.39, 0.29) is 5.91 Å². The van der Waals surface area contributed by atoms with Crippen molar-refractivity contribution >= 4 is 5.91 Å². The molecule has 1 amide bonds. The van der Waals surface area contributed by atoms with Crippen LogP contribution >= 0.6 is 0 Å². The number of nitrogens with zero attached hydrogens (tertiary/aromatic N) is 2. The topological polar surface area (TPSA) is 72.4 Å². The molecule has 1 heterocycles. The molecule has 0 saturated carbocycles. The summed E-state index contributed by atoms with van der Waals surface area (Å²) in [5.41, 5.74) is 7.27. The van der Waals surface area contributed by atoms with Crippen molar-refractivity contribution in [3.05, 3.63) is 53.2 Å². The molecule has 5 heteroatoms. The lowest BCUT2D eigenvalue weighted by atomic mass is 10.2. The summed E-state index contributed by atoms with van der Waals surface area (Å²) < 4.78 is 5.40. The van der Waals surface area contributed by atoms with Gasteiger partial charge in [-0.15, -0.1) is 0 Å². The van der Waals surface area contributed by atoms with E-state index >= 15 is 0 Å². The number of aryl methyl sites for hydroxylation is 2.